The van der Waals surface area contributed by atoms with E-state index in [9.17, 15) is 4.79 Å². The van der Waals surface area contributed by atoms with Crippen molar-refractivity contribution in [1.82, 2.24) is 10.2 Å². The van der Waals surface area contributed by atoms with Crippen LogP contribution in [0.4, 0.5) is 0 Å². The second-order valence-electron chi connectivity index (χ2n) is 4.56. The molecule has 1 saturated carbocycles. The third-order valence-corrected chi connectivity index (χ3v) is 3.44. The van der Waals surface area contributed by atoms with Crippen molar-refractivity contribution in [2.24, 2.45) is 0 Å². The standard InChI is InChI=1S/C12H24N2O2/c1-10(13-2)12(16)14(8-9-15)11-6-4-3-5-7-11/h10-11,13,15H,3-9H2,1-2H3. The summed E-state index contributed by atoms with van der Waals surface area (Å²) in [4.78, 5) is 14.0. The molecule has 94 valence electrons. The number of carbonyl (C=O) groups excluding carboxylic acids is 1. The zero-order chi connectivity index (χ0) is 12.0. The first kappa shape index (κ1) is 13.5. The number of aliphatic hydroxyl groups excluding tert-OH is 1. The molecule has 16 heavy (non-hydrogen) atoms. The Morgan fingerprint density at radius 1 is 1.44 bits per heavy atom. The maximum atomic E-state index is 12.1. The molecule has 0 aromatic heterocycles. The second kappa shape index (κ2) is 6.86. The van der Waals surface area contributed by atoms with E-state index in [2.05, 4.69) is 5.32 Å². The molecule has 4 nitrogen and oxygen atoms in total. The van der Waals surface area contributed by atoms with E-state index >= 15 is 0 Å². The minimum atomic E-state index is -0.159. The third kappa shape index (κ3) is 3.46. The van der Waals surface area contributed by atoms with Gasteiger partial charge >= 0.3 is 0 Å². The predicted molar refractivity (Wildman–Crippen MR) is 64.2 cm³/mol. The first-order chi connectivity index (χ1) is 7.70. The normalized spacial score (nSPS) is 19.4. The predicted octanol–water partition coefficient (Wildman–Crippen LogP) is 0.748. The lowest BCUT2D eigenvalue weighted by atomic mass is 9.94. The van der Waals surface area contributed by atoms with Gasteiger partial charge in [0.05, 0.1) is 12.6 Å². The Bertz CT molecular complexity index is 215. The monoisotopic (exact) mass is 228 g/mol. The maximum absolute atomic E-state index is 12.1. The summed E-state index contributed by atoms with van der Waals surface area (Å²) in [6, 6.07) is 0.178. The van der Waals surface area contributed by atoms with E-state index in [1.54, 1.807) is 7.05 Å². The van der Waals surface area contributed by atoms with Crippen molar-refractivity contribution in [3.63, 3.8) is 0 Å². The van der Waals surface area contributed by atoms with Crippen LogP contribution in [-0.4, -0.2) is 48.2 Å². The molecule has 1 rings (SSSR count). The van der Waals surface area contributed by atoms with Crippen molar-refractivity contribution < 1.29 is 9.90 Å². The number of hydrogen-bond acceptors (Lipinski definition) is 3. The Balaban J connectivity index is 2.60. The van der Waals surface area contributed by atoms with Gasteiger partial charge in [-0.3, -0.25) is 4.79 Å². The lowest BCUT2D eigenvalue weighted by Crippen LogP contribution is -2.50. The highest BCUT2D eigenvalue weighted by Gasteiger charge is 2.27. The second-order valence-corrected chi connectivity index (χ2v) is 4.56. The maximum Gasteiger partial charge on any atom is 0.239 e. The van der Waals surface area contributed by atoms with Gasteiger partial charge in [0, 0.05) is 12.6 Å². The van der Waals surface area contributed by atoms with Crippen LogP contribution in [-0.2, 0) is 4.79 Å². The zero-order valence-electron chi connectivity index (χ0n) is 10.4. The molecule has 1 fully saturated rings. The van der Waals surface area contributed by atoms with Crippen molar-refractivity contribution in [3.8, 4) is 0 Å². The molecule has 0 radical (unpaired) electrons. The van der Waals surface area contributed by atoms with Gasteiger partial charge in [-0.05, 0) is 26.8 Å². The summed E-state index contributed by atoms with van der Waals surface area (Å²) in [7, 11) is 1.79. The van der Waals surface area contributed by atoms with Crippen molar-refractivity contribution >= 4 is 5.91 Å². The Morgan fingerprint density at radius 2 is 2.06 bits per heavy atom. The highest BCUT2D eigenvalue weighted by molar-refractivity contribution is 5.81. The molecule has 4 heteroatoms. The van der Waals surface area contributed by atoms with Crippen LogP contribution in [0.5, 0.6) is 0 Å². The number of amides is 1. The first-order valence-corrected chi connectivity index (χ1v) is 6.29. The highest BCUT2D eigenvalue weighted by Crippen LogP contribution is 2.22. The molecule has 1 aliphatic carbocycles. The molecule has 1 aliphatic rings. The minimum absolute atomic E-state index is 0.0542. The molecule has 0 aliphatic heterocycles. The van der Waals surface area contributed by atoms with Gasteiger partial charge in [0.1, 0.15) is 0 Å². The van der Waals surface area contributed by atoms with Gasteiger partial charge in [-0.2, -0.15) is 0 Å². The average Bonchev–Trinajstić information content (AvgIpc) is 2.35. The van der Waals surface area contributed by atoms with E-state index in [1.807, 2.05) is 11.8 Å². The molecular formula is C12H24N2O2. The SMILES string of the molecule is CNC(C)C(=O)N(CCO)C1CCCCC1. The molecule has 0 aromatic rings. The molecule has 1 amide bonds. The summed E-state index contributed by atoms with van der Waals surface area (Å²) in [6.45, 7) is 2.39. The smallest absolute Gasteiger partial charge is 0.239 e. The Morgan fingerprint density at radius 3 is 2.56 bits per heavy atom. The summed E-state index contributed by atoms with van der Waals surface area (Å²) >= 11 is 0. The first-order valence-electron chi connectivity index (χ1n) is 6.29. The van der Waals surface area contributed by atoms with E-state index in [-0.39, 0.29) is 18.6 Å². The zero-order valence-corrected chi connectivity index (χ0v) is 10.4. The van der Waals surface area contributed by atoms with Crippen LogP contribution in [0, 0.1) is 0 Å². The third-order valence-electron chi connectivity index (χ3n) is 3.44. The number of hydrogen-bond donors (Lipinski definition) is 2. The van der Waals surface area contributed by atoms with Gasteiger partial charge in [0.15, 0.2) is 0 Å². The fourth-order valence-corrected chi connectivity index (χ4v) is 2.35. The van der Waals surface area contributed by atoms with Crippen LogP contribution in [0.15, 0.2) is 0 Å². The Labute approximate surface area is 98.0 Å². The van der Waals surface area contributed by atoms with Gasteiger partial charge in [0.2, 0.25) is 5.91 Å². The van der Waals surface area contributed by atoms with Crippen LogP contribution in [0.1, 0.15) is 39.0 Å². The summed E-state index contributed by atoms with van der Waals surface area (Å²) < 4.78 is 0. The van der Waals surface area contributed by atoms with Gasteiger partial charge < -0.3 is 15.3 Å². The Hall–Kier alpha value is -0.610. The van der Waals surface area contributed by atoms with Crippen LogP contribution in [0.3, 0.4) is 0 Å². The van der Waals surface area contributed by atoms with Crippen LogP contribution in [0.2, 0.25) is 0 Å². The van der Waals surface area contributed by atoms with E-state index in [1.165, 1.54) is 19.3 Å². The minimum Gasteiger partial charge on any atom is -0.395 e. The number of likely N-dealkylation sites (N-methyl/N-ethyl adjacent to an activating group) is 1. The number of nitrogens with zero attached hydrogens (tertiary/aromatic N) is 1. The fourth-order valence-electron chi connectivity index (χ4n) is 2.35. The molecular weight excluding hydrogens is 204 g/mol. The highest BCUT2D eigenvalue weighted by atomic mass is 16.3. The fraction of sp³-hybridized carbons (Fsp3) is 0.917. The summed E-state index contributed by atoms with van der Waals surface area (Å²) in [5.41, 5.74) is 0. The van der Waals surface area contributed by atoms with Gasteiger partial charge in [-0.25, -0.2) is 0 Å². The van der Waals surface area contributed by atoms with Crippen molar-refractivity contribution in [2.45, 2.75) is 51.1 Å². The Kier molecular flexibility index (Phi) is 5.77. The summed E-state index contributed by atoms with van der Waals surface area (Å²) in [5, 5.41) is 12.0. The lowest BCUT2D eigenvalue weighted by molar-refractivity contribution is -0.136. The number of aliphatic hydroxyl groups is 1. The molecule has 0 heterocycles. The topological polar surface area (TPSA) is 52.6 Å². The van der Waals surface area contributed by atoms with Crippen molar-refractivity contribution in [1.29, 1.82) is 0 Å². The van der Waals surface area contributed by atoms with Crippen LogP contribution >= 0.6 is 0 Å². The molecule has 0 spiro atoms. The number of nitrogens with one attached hydrogen (secondary N) is 1. The van der Waals surface area contributed by atoms with Crippen LogP contribution in [0.25, 0.3) is 0 Å². The molecule has 2 N–H and O–H groups in total. The van der Waals surface area contributed by atoms with Crippen LogP contribution < -0.4 is 5.32 Å². The summed E-state index contributed by atoms with van der Waals surface area (Å²) in [5.74, 6) is 0.114. The lowest BCUT2D eigenvalue weighted by Gasteiger charge is -2.35. The quantitative estimate of drug-likeness (QED) is 0.730. The molecule has 0 saturated heterocycles. The molecule has 0 bridgehead atoms. The molecule has 1 unspecified atom stereocenters. The van der Waals surface area contributed by atoms with E-state index < -0.39 is 0 Å². The molecule has 0 aromatic carbocycles. The largest absolute Gasteiger partial charge is 0.395 e. The van der Waals surface area contributed by atoms with E-state index in [0.717, 1.165) is 12.8 Å². The summed E-state index contributed by atoms with van der Waals surface area (Å²) in [6.07, 6.45) is 5.85. The van der Waals surface area contributed by atoms with Gasteiger partial charge in [-0.1, -0.05) is 19.3 Å². The van der Waals surface area contributed by atoms with E-state index in [0.29, 0.717) is 12.6 Å². The number of rotatable bonds is 5. The average molecular weight is 228 g/mol. The van der Waals surface area contributed by atoms with Crippen molar-refractivity contribution in [3.05, 3.63) is 0 Å². The van der Waals surface area contributed by atoms with Gasteiger partial charge in [-0.15, -0.1) is 0 Å². The molecule has 1 atom stereocenters. The number of carbonyl (C=O) groups is 1. The van der Waals surface area contributed by atoms with E-state index in [4.69, 9.17) is 5.11 Å². The van der Waals surface area contributed by atoms with Gasteiger partial charge in [0.25, 0.3) is 0 Å². The van der Waals surface area contributed by atoms with Crippen molar-refractivity contribution in [2.75, 3.05) is 20.2 Å².